The Morgan fingerprint density at radius 3 is 2.45 bits per heavy atom. The van der Waals surface area contributed by atoms with Crippen molar-refractivity contribution in [1.29, 1.82) is 0 Å². The number of hydrogen-bond donors (Lipinski definition) is 3. The number of aliphatic imine (C=N–C) groups is 1. The number of carbonyl (C=O) groups excluding carboxylic acids is 1. The van der Waals surface area contributed by atoms with Gasteiger partial charge in [0.25, 0.3) is 0 Å². The molecule has 0 saturated heterocycles. The molecule has 0 unspecified atom stereocenters. The quantitative estimate of drug-likeness (QED) is 0.190. The van der Waals surface area contributed by atoms with Crippen molar-refractivity contribution in [3.8, 4) is 0 Å². The van der Waals surface area contributed by atoms with Gasteiger partial charge in [0.05, 0.1) is 6.54 Å². The second kappa shape index (κ2) is 16.8. The Kier molecular flexibility index (Phi) is 18.0. The summed E-state index contributed by atoms with van der Waals surface area (Å²) < 4.78 is 5.03. The van der Waals surface area contributed by atoms with E-state index in [9.17, 15) is 4.79 Å². The number of hydrogen-bond acceptors (Lipinski definition) is 4. The molecule has 0 aliphatic rings. The van der Waals surface area contributed by atoms with Gasteiger partial charge in [0.2, 0.25) is 5.91 Å². The number of amides is 1. The largest absolute Gasteiger partial charge is 0.385 e. The molecule has 0 aromatic rings. The lowest BCUT2D eigenvalue weighted by molar-refractivity contribution is -0.118. The fourth-order valence-electron chi connectivity index (χ4n) is 1.68. The van der Waals surface area contributed by atoms with Crippen LogP contribution in [0.1, 0.15) is 20.3 Å². The van der Waals surface area contributed by atoms with E-state index in [1.807, 2.05) is 6.92 Å². The highest BCUT2D eigenvalue weighted by Gasteiger charge is 1.99. The van der Waals surface area contributed by atoms with Crippen LogP contribution in [0.4, 0.5) is 0 Å². The van der Waals surface area contributed by atoms with Gasteiger partial charge in [-0.25, -0.2) is 0 Å². The monoisotopic (exact) mass is 429 g/mol. The van der Waals surface area contributed by atoms with E-state index >= 15 is 0 Å². The highest BCUT2D eigenvalue weighted by Crippen LogP contribution is 1.88. The number of guanidine groups is 1. The highest BCUT2D eigenvalue weighted by atomic mass is 127. The zero-order valence-electron chi connectivity index (χ0n) is 14.3. The molecule has 0 spiro atoms. The Bertz CT molecular complexity index is 303. The summed E-state index contributed by atoms with van der Waals surface area (Å²) in [5.41, 5.74) is 0. The van der Waals surface area contributed by atoms with Crippen molar-refractivity contribution in [3.63, 3.8) is 0 Å². The molecule has 1 amide bonds. The fourth-order valence-corrected chi connectivity index (χ4v) is 1.68. The van der Waals surface area contributed by atoms with E-state index in [-0.39, 0.29) is 29.9 Å². The maximum absolute atomic E-state index is 10.8. The van der Waals surface area contributed by atoms with E-state index in [2.05, 4.69) is 32.9 Å². The lowest BCUT2D eigenvalue weighted by atomic mass is 10.4. The van der Waals surface area contributed by atoms with Gasteiger partial charge in [-0.2, -0.15) is 0 Å². The van der Waals surface area contributed by atoms with Crippen LogP contribution in [0, 0.1) is 0 Å². The molecule has 7 nitrogen and oxygen atoms in total. The molecular formula is C14H32IN5O2. The number of ether oxygens (including phenoxy) is 1. The third-order valence-corrected chi connectivity index (χ3v) is 2.78. The molecule has 0 aliphatic heterocycles. The summed E-state index contributed by atoms with van der Waals surface area (Å²) in [5.74, 6) is 0.768. The number of likely N-dealkylation sites (N-methyl/N-ethyl adjacent to an activating group) is 1. The van der Waals surface area contributed by atoms with E-state index in [0.29, 0.717) is 13.1 Å². The van der Waals surface area contributed by atoms with Crippen LogP contribution in [0.3, 0.4) is 0 Å². The molecule has 0 aliphatic carbocycles. The van der Waals surface area contributed by atoms with Gasteiger partial charge in [-0.05, 0) is 20.4 Å². The third kappa shape index (κ3) is 15.8. The van der Waals surface area contributed by atoms with Crippen molar-refractivity contribution in [1.82, 2.24) is 20.9 Å². The first kappa shape index (κ1) is 23.7. The van der Waals surface area contributed by atoms with Crippen molar-refractivity contribution in [2.24, 2.45) is 4.99 Å². The summed E-state index contributed by atoms with van der Waals surface area (Å²) in [6.07, 6.45) is 1.03. The standard InChI is InChI=1S/C14H31N5O2.HI/c1-5-15-14(17-8-7-16-13(2)20)18-9-11-19(3)10-6-12-21-4;/h5-12H2,1-4H3,(H,16,20)(H2,15,17,18);1H. The molecule has 0 fully saturated rings. The second-order valence-corrected chi connectivity index (χ2v) is 4.82. The van der Waals surface area contributed by atoms with Crippen molar-refractivity contribution < 1.29 is 9.53 Å². The Morgan fingerprint density at radius 2 is 1.86 bits per heavy atom. The van der Waals surface area contributed by atoms with Crippen molar-refractivity contribution in [2.45, 2.75) is 20.3 Å². The predicted octanol–water partition coefficient (Wildman–Crippen LogP) is 0.264. The van der Waals surface area contributed by atoms with Gasteiger partial charge in [-0.15, -0.1) is 24.0 Å². The number of nitrogens with zero attached hydrogens (tertiary/aromatic N) is 2. The molecule has 22 heavy (non-hydrogen) atoms. The van der Waals surface area contributed by atoms with E-state index in [1.54, 1.807) is 7.11 Å². The van der Waals surface area contributed by atoms with E-state index in [0.717, 1.165) is 45.2 Å². The van der Waals surface area contributed by atoms with Gasteiger partial charge in [-0.3, -0.25) is 9.79 Å². The summed E-state index contributed by atoms with van der Waals surface area (Å²) >= 11 is 0. The fraction of sp³-hybridized carbons (Fsp3) is 0.857. The molecule has 0 aromatic heterocycles. The van der Waals surface area contributed by atoms with Crippen LogP contribution in [0.2, 0.25) is 0 Å². The van der Waals surface area contributed by atoms with Gasteiger partial charge < -0.3 is 25.6 Å². The number of halogens is 1. The van der Waals surface area contributed by atoms with Crippen molar-refractivity contribution in [3.05, 3.63) is 0 Å². The molecule has 8 heteroatoms. The normalized spacial score (nSPS) is 11.0. The van der Waals surface area contributed by atoms with Gasteiger partial charge >= 0.3 is 0 Å². The van der Waals surface area contributed by atoms with Crippen LogP contribution < -0.4 is 16.0 Å². The molecular weight excluding hydrogens is 397 g/mol. The first-order chi connectivity index (χ1) is 10.1. The predicted molar refractivity (Wildman–Crippen MR) is 102 cm³/mol. The van der Waals surface area contributed by atoms with E-state index < -0.39 is 0 Å². The van der Waals surface area contributed by atoms with Crippen LogP contribution in [0.15, 0.2) is 4.99 Å². The summed E-state index contributed by atoms with van der Waals surface area (Å²) in [5, 5.41) is 9.11. The number of rotatable bonds is 11. The molecule has 0 heterocycles. The lowest BCUT2D eigenvalue weighted by Crippen LogP contribution is -2.41. The zero-order chi connectivity index (χ0) is 15.9. The molecule has 0 saturated carbocycles. The molecule has 0 atom stereocenters. The maximum atomic E-state index is 10.8. The van der Waals surface area contributed by atoms with Crippen LogP contribution in [-0.4, -0.2) is 76.8 Å². The van der Waals surface area contributed by atoms with Crippen LogP contribution >= 0.6 is 24.0 Å². The maximum Gasteiger partial charge on any atom is 0.216 e. The third-order valence-electron chi connectivity index (χ3n) is 2.78. The number of nitrogens with one attached hydrogen (secondary N) is 3. The topological polar surface area (TPSA) is 78.0 Å². The number of carbonyl (C=O) groups is 1. The molecule has 0 aromatic carbocycles. The van der Waals surface area contributed by atoms with Crippen molar-refractivity contribution >= 4 is 35.8 Å². The summed E-state index contributed by atoms with van der Waals surface area (Å²) in [6.45, 7) is 9.06. The first-order valence-electron chi connectivity index (χ1n) is 7.54. The minimum atomic E-state index is -0.0172. The Morgan fingerprint density at radius 1 is 1.18 bits per heavy atom. The lowest BCUT2D eigenvalue weighted by Gasteiger charge is -2.16. The Labute approximate surface area is 151 Å². The smallest absolute Gasteiger partial charge is 0.216 e. The molecule has 132 valence electrons. The Balaban J connectivity index is 0. The zero-order valence-corrected chi connectivity index (χ0v) is 16.6. The average molecular weight is 429 g/mol. The highest BCUT2D eigenvalue weighted by molar-refractivity contribution is 14.0. The average Bonchev–Trinajstić information content (AvgIpc) is 2.43. The Hall–Kier alpha value is -0.610. The van der Waals surface area contributed by atoms with Crippen LogP contribution in [0.25, 0.3) is 0 Å². The van der Waals surface area contributed by atoms with Gasteiger partial charge in [0.15, 0.2) is 5.96 Å². The van der Waals surface area contributed by atoms with Crippen LogP contribution in [0.5, 0.6) is 0 Å². The van der Waals surface area contributed by atoms with Gasteiger partial charge in [-0.1, -0.05) is 0 Å². The van der Waals surface area contributed by atoms with Crippen molar-refractivity contribution in [2.75, 3.05) is 60.0 Å². The second-order valence-electron chi connectivity index (χ2n) is 4.82. The molecule has 3 N–H and O–H groups in total. The summed E-state index contributed by atoms with van der Waals surface area (Å²) in [6, 6.07) is 0. The van der Waals surface area contributed by atoms with E-state index in [1.165, 1.54) is 6.92 Å². The summed E-state index contributed by atoms with van der Waals surface area (Å²) in [4.78, 5) is 17.5. The van der Waals surface area contributed by atoms with E-state index in [4.69, 9.17) is 4.74 Å². The summed E-state index contributed by atoms with van der Waals surface area (Å²) in [7, 11) is 3.81. The molecule has 0 radical (unpaired) electrons. The van der Waals surface area contributed by atoms with Crippen LogP contribution in [-0.2, 0) is 9.53 Å². The minimum absolute atomic E-state index is 0. The van der Waals surface area contributed by atoms with Gasteiger partial charge in [0.1, 0.15) is 0 Å². The molecule has 0 bridgehead atoms. The first-order valence-corrected chi connectivity index (χ1v) is 7.54. The van der Waals surface area contributed by atoms with Gasteiger partial charge in [0, 0.05) is 53.4 Å². The minimum Gasteiger partial charge on any atom is -0.385 e. The molecule has 0 rings (SSSR count). The SMILES string of the molecule is CCNC(=NCCN(C)CCCOC)NCCNC(C)=O.I. The number of methoxy groups -OCH3 is 1.